The van der Waals surface area contributed by atoms with E-state index in [4.69, 9.17) is 4.74 Å². The van der Waals surface area contributed by atoms with Gasteiger partial charge in [0.05, 0.1) is 12.2 Å². The van der Waals surface area contributed by atoms with Crippen LogP contribution in [0.5, 0.6) is 0 Å². The molecule has 3 N–H and O–H groups in total. The maximum atomic E-state index is 9.67. The van der Waals surface area contributed by atoms with Gasteiger partial charge in [0.15, 0.2) is 5.96 Å². The first-order valence-electron chi connectivity index (χ1n) is 12.1. The minimum atomic E-state index is -0.113. The number of guanidine groups is 1. The summed E-state index contributed by atoms with van der Waals surface area (Å²) in [5.41, 5.74) is 2.77. The SMILES string of the molecule is CCOC1CC(NC(=NC)NCc2ccc(CN3CCC(O)CC3)cc2)C1(CC)CC. The van der Waals surface area contributed by atoms with Gasteiger partial charge >= 0.3 is 0 Å². The molecule has 2 unspecified atom stereocenters. The highest BCUT2D eigenvalue weighted by atomic mass is 16.5. The van der Waals surface area contributed by atoms with Gasteiger partial charge in [-0.15, -0.1) is 0 Å². The fourth-order valence-electron chi connectivity index (χ4n) is 5.23. The Hall–Kier alpha value is -1.63. The lowest BCUT2D eigenvalue weighted by atomic mass is 9.58. The van der Waals surface area contributed by atoms with Crippen LogP contribution in [0, 0.1) is 5.41 Å². The monoisotopic (exact) mass is 430 g/mol. The van der Waals surface area contributed by atoms with Crippen LogP contribution in [0.4, 0.5) is 0 Å². The lowest BCUT2D eigenvalue weighted by Gasteiger charge is -2.55. The topological polar surface area (TPSA) is 69.1 Å². The third-order valence-electron chi connectivity index (χ3n) is 7.45. The number of aliphatic imine (C=N–C) groups is 1. The Bertz CT molecular complexity index is 694. The van der Waals surface area contributed by atoms with Gasteiger partial charge < -0.3 is 20.5 Å². The number of aliphatic hydroxyl groups is 1. The number of likely N-dealkylation sites (tertiary alicyclic amines) is 1. The van der Waals surface area contributed by atoms with E-state index in [1.54, 1.807) is 0 Å². The number of nitrogens with one attached hydrogen (secondary N) is 2. The molecule has 2 atom stereocenters. The van der Waals surface area contributed by atoms with E-state index in [1.165, 1.54) is 11.1 Å². The average Bonchev–Trinajstić information content (AvgIpc) is 2.78. The van der Waals surface area contributed by atoms with Gasteiger partial charge in [0.2, 0.25) is 0 Å². The average molecular weight is 431 g/mol. The number of hydrogen-bond acceptors (Lipinski definition) is 4. The molecule has 0 spiro atoms. The number of hydrogen-bond donors (Lipinski definition) is 3. The minimum Gasteiger partial charge on any atom is -0.393 e. The predicted molar refractivity (Wildman–Crippen MR) is 127 cm³/mol. The van der Waals surface area contributed by atoms with Crippen LogP contribution >= 0.6 is 0 Å². The van der Waals surface area contributed by atoms with Crippen LogP contribution in [0.1, 0.15) is 64.0 Å². The van der Waals surface area contributed by atoms with Crippen molar-refractivity contribution in [1.82, 2.24) is 15.5 Å². The van der Waals surface area contributed by atoms with E-state index >= 15 is 0 Å². The molecule has 2 fully saturated rings. The summed E-state index contributed by atoms with van der Waals surface area (Å²) in [6, 6.07) is 9.23. The summed E-state index contributed by atoms with van der Waals surface area (Å²) >= 11 is 0. The Morgan fingerprint density at radius 1 is 1.13 bits per heavy atom. The zero-order chi connectivity index (χ0) is 22.3. The Morgan fingerprint density at radius 3 is 2.35 bits per heavy atom. The lowest BCUT2D eigenvalue weighted by Crippen LogP contribution is -2.65. The molecule has 31 heavy (non-hydrogen) atoms. The van der Waals surface area contributed by atoms with E-state index in [-0.39, 0.29) is 11.5 Å². The fraction of sp³-hybridized carbons (Fsp3) is 0.720. The van der Waals surface area contributed by atoms with E-state index in [9.17, 15) is 5.11 Å². The van der Waals surface area contributed by atoms with Crippen molar-refractivity contribution >= 4 is 5.96 Å². The maximum Gasteiger partial charge on any atom is 0.191 e. The first-order valence-corrected chi connectivity index (χ1v) is 12.1. The number of nitrogens with zero attached hydrogens (tertiary/aromatic N) is 2. The first kappa shape index (κ1) is 24.0. The first-order chi connectivity index (χ1) is 15.0. The second-order valence-electron chi connectivity index (χ2n) is 9.07. The van der Waals surface area contributed by atoms with Crippen LogP contribution in [-0.4, -0.2) is 61.0 Å². The largest absolute Gasteiger partial charge is 0.393 e. The molecule has 3 rings (SSSR count). The molecule has 6 nitrogen and oxygen atoms in total. The molecule has 1 saturated heterocycles. The highest BCUT2D eigenvalue weighted by molar-refractivity contribution is 5.80. The summed E-state index contributed by atoms with van der Waals surface area (Å²) in [5, 5.41) is 16.8. The van der Waals surface area contributed by atoms with Crippen LogP contribution < -0.4 is 10.6 Å². The van der Waals surface area contributed by atoms with E-state index in [0.29, 0.717) is 12.1 Å². The van der Waals surface area contributed by atoms with Crippen molar-refractivity contribution in [2.24, 2.45) is 10.4 Å². The third-order valence-corrected chi connectivity index (χ3v) is 7.45. The number of aliphatic hydroxyl groups excluding tert-OH is 1. The molecule has 6 heteroatoms. The van der Waals surface area contributed by atoms with E-state index in [0.717, 1.165) is 70.8 Å². The van der Waals surface area contributed by atoms with Crippen molar-refractivity contribution in [3.8, 4) is 0 Å². The summed E-state index contributed by atoms with van der Waals surface area (Å²) in [6.07, 6.45) is 5.27. The Labute approximate surface area is 188 Å². The molecular formula is C25H42N4O2. The summed E-state index contributed by atoms with van der Waals surface area (Å²) in [5.74, 6) is 0.863. The van der Waals surface area contributed by atoms with Crippen LogP contribution in [0.2, 0.25) is 0 Å². The zero-order valence-electron chi connectivity index (χ0n) is 19.9. The molecule has 0 amide bonds. The van der Waals surface area contributed by atoms with Crippen molar-refractivity contribution in [2.75, 3.05) is 26.7 Å². The summed E-state index contributed by atoms with van der Waals surface area (Å²) in [6.45, 7) is 11.1. The van der Waals surface area contributed by atoms with Gasteiger partial charge in [-0.2, -0.15) is 0 Å². The van der Waals surface area contributed by atoms with Crippen molar-refractivity contribution in [3.63, 3.8) is 0 Å². The van der Waals surface area contributed by atoms with Crippen LogP contribution in [0.3, 0.4) is 0 Å². The van der Waals surface area contributed by atoms with Crippen molar-refractivity contribution in [3.05, 3.63) is 35.4 Å². The second kappa shape index (κ2) is 11.3. The van der Waals surface area contributed by atoms with Gasteiger partial charge in [-0.25, -0.2) is 0 Å². The molecule has 2 aliphatic rings. The molecule has 1 saturated carbocycles. The number of piperidine rings is 1. The summed E-state index contributed by atoms with van der Waals surface area (Å²) < 4.78 is 6.01. The molecule has 1 aliphatic heterocycles. The molecule has 0 aromatic heterocycles. The van der Waals surface area contributed by atoms with Gasteiger partial charge in [0, 0.05) is 51.3 Å². The highest BCUT2D eigenvalue weighted by Crippen LogP contribution is 2.48. The minimum absolute atomic E-state index is 0.113. The molecule has 1 heterocycles. The van der Waals surface area contributed by atoms with Gasteiger partial charge in [-0.3, -0.25) is 9.89 Å². The molecule has 1 aliphatic carbocycles. The second-order valence-corrected chi connectivity index (χ2v) is 9.07. The molecule has 174 valence electrons. The van der Waals surface area contributed by atoms with Gasteiger partial charge in [-0.05, 0) is 50.2 Å². The van der Waals surface area contributed by atoms with E-state index in [1.807, 2.05) is 7.05 Å². The molecule has 1 aromatic rings. The molecule has 0 bridgehead atoms. The van der Waals surface area contributed by atoms with Crippen molar-refractivity contribution in [1.29, 1.82) is 0 Å². The molecule has 0 radical (unpaired) electrons. The number of benzene rings is 1. The smallest absolute Gasteiger partial charge is 0.191 e. The Morgan fingerprint density at radius 2 is 1.77 bits per heavy atom. The number of ether oxygens (including phenoxy) is 1. The zero-order valence-corrected chi connectivity index (χ0v) is 19.9. The molecular weight excluding hydrogens is 388 g/mol. The highest BCUT2D eigenvalue weighted by Gasteiger charge is 2.53. The van der Waals surface area contributed by atoms with Crippen molar-refractivity contribution < 1.29 is 9.84 Å². The standard InChI is InChI=1S/C25H42N4O2/c1-5-25(6-2)22(16-23(25)31-7-3)28-24(26-4)27-17-19-8-10-20(11-9-19)18-29-14-12-21(30)13-15-29/h8-11,21-23,30H,5-7,12-18H2,1-4H3,(H2,26,27,28). The normalized spacial score (nSPS) is 24.6. The van der Waals surface area contributed by atoms with Gasteiger partial charge in [-0.1, -0.05) is 38.1 Å². The van der Waals surface area contributed by atoms with E-state index in [2.05, 4.69) is 65.6 Å². The van der Waals surface area contributed by atoms with Crippen LogP contribution in [-0.2, 0) is 17.8 Å². The number of rotatable bonds is 9. The Kier molecular flexibility index (Phi) is 8.76. The third kappa shape index (κ3) is 5.79. The van der Waals surface area contributed by atoms with Crippen molar-refractivity contribution in [2.45, 2.75) is 84.2 Å². The van der Waals surface area contributed by atoms with Crippen LogP contribution in [0.15, 0.2) is 29.3 Å². The fourth-order valence-corrected chi connectivity index (χ4v) is 5.23. The van der Waals surface area contributed by atoms with Crippen LogP contribution in [0.25, 0.3) is 0 Å². The summed E-state index contributed by atoms with van der Waals surface area (Å²) in [7, 11) is 1.84. The predicted octanol–water partition coefficient (Wildman–Crippen LogP) is 3.29. The van der Waals surface area contributed by atoms with E-state index < -0.39 is 0 Å². The quantitative estimate of drug-likeness (QED) is 0.414. The Balaban J connectivity index is 1.48. The maximum absolute atomic E-state index is 9.67. The lowest BCUT2D eigenvalue weighted by molar-refractivity contribution is -0.133. The summed E-state index contributed by atoms with van der Waals surface area (Å²) in [4.78, 5) is 6.88. The van der Waals surface area contributed by atoms with Gasteiger partial charge in [0.1, 0.15) is 0 Å². The molecule has 1 aromatic carbocycles. The van der Waals surface area contributed by atoms with Gasteiger partial charge in [0.25, 0.3) is 0 Å².